The van der Waals surface area contributed by atoms with Gasteiger partial charge < -0.3 is 9.64 Å². The van der Waals surface area contributed by atoms with E-state index in [0.717, 1.165) is 48.2 Å². The van der Waals surface area contributed by atoms with Gasteiger partial charge in [0, 0.05) is 17.7 Å². The maximum Gasteiger partial charge on any atom is 0.258 e. The highest BCUT2D eigenvalue weighted by Gasteiger charge is 2.31. The molecule has 5 heteroatoms. The van der Waals surface area contributed by atoms with E-state index in [1.165, 1.54) is 0 Å². The molecule has 0 unspecified atom stereocenters. The standard InChI is InChI=1S/C21H19I2NO2/c1-3-9-24-19-8-6-5-7-15(19)16(21(24)25)11-14-12-17(22)20(18(23)13-14)26-10-4-2/h4-8,11-13H,2-3,9-10H2,1H3/b16-11-. The van der Waals surface area contributed by atoms with Gasteiger partial charge in [-0.1, -0.05) is 37.8 Å². The summed E-state index contributed by atoms with van der Waals surface area (Å²) in [6.07, 6.45) is 4.65. The molecular weight excluding hydrogens is 552 g/mol. The minimum Gasteiger partial charge on any atom is -0.487 e. The maximum absolute atomic E-state index is 13.0. The van der Waals surface area contributed by atoms with E-state index in [0.29, 0.717) is 6.61 Å². The van der Waals surface area contributed by atoms with E-state index >= 15 is 0 Å². The number of anilines is 1. The molecule has 0 bridgehead atoms. The van der Waals surface area contributed by atoms with Gasteiger partial charge in [-0.05, 0) is 81.4 Å². The normalized spacial score (nSPS) is 14.7. The maximum atomic E-state index is 13.0. The number of ether oxygens (including phenoxy) is 1. The number of benzene rings is 2. The molecule has 134 valence electrons. The van der Waals surface area contributed by atoms with Crippen molar-refractivity contribution in [3.05, 3.63) is 67.3 Å². The van der Waals surface area contributed by atoms with Gasteiger partial charge in [0.05, 0.1) is 12.8 Å². The SMILES string of the molecule is C=CCOc1c(I)cc(/C=C2\C(=O)N(CCC)c3ccccc32)cc1I. The number of para-hydroxylation sites is 1. The predicted octanol–water partition coefficient (Wildman–Crippen LogP) is 5.76. The quantitative estimate of drug-likeness (QED) is 0.251. The van der Waals surface area contributed by atoms with Gasteiger partial charge in [0.1, 0.15) is 12.4 Å². The molecule has 0 aliphatic carbocycles. The minimum absolute atomic E-state index is 0.0741. The van der Waals surface area contributed by atoms with Gasteiger partial charge in [-0.25, -0.2) is 0 Å². The van der Waals surface area contributed by atoms with Crippen LogP contribution in [0.25, 0.3) is 11.6 Å². The van der Waals surface area contributed by atoms with Crippen molar-refractivity contribution in [2.75, 3.05) is 18.1 Å². The van der Waals surface area contributed by atoms with Crippen LogP contribution in [0.4, 0.5) is 5.69 Å². The van der Waals surface area contributed by atoms with Gasteiger partial charge in [-0.15, -0.1) is 0 Å². The van der Waals surface area contributed by atoms with Gasteiger partial charge in [-0.3, -0.25) is 4.79 Å². The largest absolute Gasteiger partial charge is 0.487 e. The predicted molar refractivity (Wildman–Crippen MR) is 125 cm³/mol. The van der Waals surface area contributed by atoms with Crippen molar-refractivity contribution in [3.63, 3.8) is 0 Å². The molecule has 2 aromatic carbocycles. The molecule has 0 fully saturated rings. The molecule has 3 nitrogen and oxygen atoms in total. The summed E-state index contributed by atoms with van der Waals surface area (Å²) in [4.78, 5) is 14.8. The van der Waals surface area contributed by atoms with E-state index in [9.17, 15) is 4.79 Å². The van der Waals surface area contributed by atoms with Crippen molar-refractivity contribution >= 4 is 68.4 Å². The summed E-state index contributed by atoms with van der Waals surface area (Å²) in [6.45, 7) is 6.99. The van der Waals surface area contributed by atoms with Crippen LogP contribution in [0.1, 0.15) is 24.5 Å². The molecule has 2 aromatic rings. The van der Waals surface area contributed by atoms with Crippen LogP contribution in [0.3, 0.4) is 0 Å². The summed E-state index contributed by atoms with van der Waals surface area (Å²) in [5.74, 6) is 0.934. The summed E-state index contributed by atoms with van der Waals surface area (Å²) in [5.41, 5.74) is 3.76. The van der Waals surface area contributed by atoms with Crippen LogP contribution in [-0.2, 0) is 4.79 Å². The van der Waals surface area contributed by atoms with Crippen LogP contribution in [0.15, 0.2) is 49.1 Å². The van der Waals surface area contributed by atoms with E-state index in [-0.39, 0.29) is 5.91 Å². The molecule has 3 rings (SSSR count). The average molecular weight is 571 g/mol. The Kier molecular flexibility index (Phi) is 6.39. The number of rotatable bonds is 6. The van der Waals surface area contributed by atoms with Crippen molar-refractivity contribution in [1.82, 2.24) is 0 Å². The molecule has 0 radical (unpaired) electrons. The number of carbonyl (C=O) groups is 1. The fraction of sp³-hybridized carbons (Fsp3) is 0.190. The molecule has 0 aromatic heterocycles. The monoisotopic (exact) mass is 571 g/mol. The van der Waals surface area contributed by atoms with E-state index in [1.54, 1.807) is 6.08 Å². The van der Waals surface area contributed by atoms with Crippen molar-refractivity contribution in [2.24, 2.45) is 0 Å². The molecule has 1 aliphatic heterocycles. The lowest BCUT2D eigenvalue weighted by Crippen LogP contribution is -2.26. The number of carbonyl (C=O) groups excluding carboxylic acids is 1. The first-order chi connectivity index (χ1) is 12.6. The first-order valence-electron chi connectivity index (χ1n) is 8.42. The highest BCUT2D eigenvalue weighted by molar-refractivity contribution is 14.1. The number of halogens is 2. The Labute approximate surface area is 181 Å². The summed E-state index contributed by atoms with van der Waals surface area (Å²) >= 11 is 4.54. The smallest absolute Gasteiger partial charge is 0.258 e. The Hall–Kier alpha value is -1.35. The van der Waals surface area contributed by atoms with Crippen molar-refractivity contribution in [3.8, 4) is 5.75 Å². The number of nitrogens with zero attached hydrogens (tertiary/aromatic N) is 1. The molecule has 0 saturated heterocycles. The highest BCUT2D eigenvalue weighted by atomic mass is 127. The second-order valence-corrected chi connectivity index (χ2v) is 8.27. The molecule has 0 atom stereocenters. The van der Waals surface area contributed by atoms with E-state index < -0.39 is 0 Å². The number of hydrogen-bond acceptors (Lipinski definition) is 2. The Morgan fingerprint density at radius 2 is 1.88 bits per heavy atom. The van der Waals surface area contributed by atoms with Crippen molar-refractivity contribution in [2.45, 2.75) is 13.3 Å². The molecule has 1 aliphatic rings. The third-order valence-corrected chi connectivity index (χ3v) is 5.69. The minimum atomic E-state index is 0.0741. The Morgan fingerprint density at radius 1 is 1.19 bits per heavy atom. The number of amides is 1. The summed E-state index contributed by atoms with van der Waals surface area (Å²) < 4.78 is 7.78. The third kappa shape index (κ3) is 3.83. The molecule has 0 spiro atoms. The lowest BCUT2D eigenvalue weighted by molar-refractivity contribution is -0.113. The van der Waals surface area contributed by atoms with Crippen LogP contribution in [-0.4, -0.2) is 19.1 Å². The van der Waals surface area contributed by atoms with Crippen LogP contribution in [0.2, 0.25) is 0 Å². The first-order valence-corrected chi connectivity index (χ1v) is 10.6. The Bertz CT molecular complexity index is 866. The Balaban J connectivity index is 2.02. The van der Waals surface area contributed by atoms with Crippen molar-refractivity contribution in [1.29, 1.82) is 0 Å². The molecule has 1 heterocycles. The van der Waals surface area contributed by atoms with Gasteiger partial charge in [-0.2, -0.15) is 0 Å². The van der Waals surface area contributed by atoms with E-state index in [4.69, 9.17) is 4.74 Å². The molecule has 1 amide bonds. The van der Waals surface area contributed by atoms with Crippen LogP contribution >= 0.6 is 45.2 Å². The zero-order valence-electron chi connectivity index (χ0n) is 14.5. The van der Waals surface area contributed by atoms with Gasteiger partial charge in [0.2, 0.25) is 0 Å². The van der Waals surface area contributed by atoms with Crippen LogP contribution < -0.4 is 9.64 Å². The number of hydrogen-bond donors (Lipinski definition) is 0. The second-order valence-electron chi connectivity index (χ2n) is 5.95. The Morgan fingerprint density at radius 3 is 2.54 bits per heavy atom. The topological polar surface area (TPSA) is 29.5 Å². The zero-order chi connectivity index (χ0) is 18.7. The third-order valence-electron chi connectivity index (χ3n) is 4.08. The molecular formula is C21H19I2NO2. The van der Waals surface area contributed by atoms with Gasteiger partial charge in [0.25, 0.3) is 5.91 Å². The second kappa shape index (κ2) is 8.56. The van der Waals surface area contributed by atoms with Crippen LogP contribution in [0, 0.1) is 7.14 Å². The van der Waals surface area contributed by atoms with Crippen LogP contribution in [0.5, 0.6) is 5.75 Å². The molecule has 0 N–H and O–H groups in total. The highest BCUT2D eigenvalue weighted by Crippen LogP contribution is 2.38. The zero-order valence-corrected chi connectivity index (χ0v) is 18.8. The molecule has 26 heavy (non-hydrogen) atoms. The summed E-state index contributed by atoms with van der Waals surface area (Å²) in [7, 11) is 0. The van der Waals surface area contributed by atoms with E-state index in [2.05, 4.69) is 58.7 Å². The molecule has 0 saturated carbocycles. The van der Waals surface area contributed by atoms with Gasteiger partial charge in [0.15, 0.2) is 0 Å². The van der Waals surface area contributed by atoms with E-state index in [1.807, 2.05) is 47.4 Å². The summed E-state index contributed by atoms with van der Waals surface area (Å²) in [5, 5.41) is 0. The number of fused-ring (bicyclic) bond motifs is 1. The van der Waals surface area contributed by atoms with Gasteiger partial charge >= 0.3 is 0 Å². The fourth-order valence-electron chi connectivity index (χ4n) is 3.00. The summed E-state index contributed by atoms with van der Waals surface area (Å²) in [6, 6.07) is 12.1. The lowest BCUT2D eigenvalue weighted by atomic mass is 10.0. The van der Waals surface area contributed by atoms with Crippen molar-refractivity contribution < 1.29 is 9.53 Å². The lowest BCUT2D eigenvalue weighted by Gasteiger charge is -2.15. The average Bonchev–Trinajstić information content (AvgIpc) is 2.87. The fourth-order valence-corrected chi connectivity index (χ4v) is 5.13. The first kappa shape index (κ1) is 19.4.